The maximum atomic E-state index is 14.6. The molecule has 0 aliphatic heterocycles. The van der Waals surface area contributed by atoms with Gasteiger partial charge in [-0.05, 0) is 79.2 Å². The fraction of sp³-hybridized carbons (Fsp3) is 0. The van der Waals surface area contributed by atoms with E-state index in [0.29, 0.717) is 16.9 Å². The molecule has 0 spiro atoms. The van der Waals surface area contributed by atoms with E-state index in [4.69, 9.17) is 11.6 Å². The summed E-state index contributed by atoms with van der Waals surface area (Å²) < 4.78 is 29.1. The molecule has 1 heterocycles. The highest BCUT2D eigenvalue weighted by molar-refractivity contribution is 6.25. The number of hydrogen-bond acceptors (Lipinski definition) is 1. The summed E-state index contributed by atoms with van der Waals surface area (Å²) in [5, 5.41) is 7.24. The van der Waals surface area contributed by atoms with Gasteiger partial charge in [0.1, 0.15) is 11.6 Å². The van der Waals surface area contributed by atoms with E-state index in [1.165, 1.54) is 12.1 Å². The van der Waals surface area contributed by atoms with Gasteiger partial charge in [-0.15, -0.1) is 0 Å². The summed E-state index contributed by atoms with van der Waals surface area (Å²) in [6.45, 7) is 7.30. The Balaban J connectivity index is 1.22. The number of hydrogen-bond donors (Lipinski definition) is 0. The van der Waals surface area contributed by atoms with Crippen LogP contribution < -0.4 is 0 Å². The van der Waals surface area contributed by atoms with Crippen molar-refractivity contribution >= 4 is 48.9 Å². The van der Waals surface area contributed by atoms with Gasteiger partial charge in [-0.3, -0.25) is 0 Å². The summed E-state index contributed by atoms with van der Waals surface area (Å²) in [5.41, 5.74) is 8.77. The molecule has 9 aromatic rings. The Labute approximate surface area is 287 Å². The average Bonchev–Trinajstić information content (AvgIpc) is 3.16. The van der Waals surface area contributed by atoms with E-state index < -0.39 is 11.6 Å². The second-order valence-corrected chi connectivity index (χ2v) is 12.5. The average molecular weight is 645 g/mol. The number of aromatic nitrogens is 1. The fourth-order valence-corrected chi connectivity index (χ4v) is 7.31. The monoisotopic (exact) mass is 644 g/mol. The molecule has 0 atom stereocenters. The van der Waals surface area contributed by atoms with Gasteiger partial charge < -0.3 is 0 Å². The summed E-state index contributed by atoms with van der Waals surface area (Å²) in [6, 6.07) is 51.0. The van der Waals surface area contributed by atoms with Crippen LogP contribution in [0.5, 0.6) is 0 Å². The number of nitrogens with zero attached hydrogens (tertiary/aromatic N) is 2. The molecule has 8 aromatic carbocycles. The molecule has 0 aliphatic carbocycles. The van der Waals surface area contributed by atoms with Gasteiger partial charge in [0, 0.05) is 27.8 Å². The van der Waals surface area contributed by atoms with Crippen LogP contribution in [0, 0.1) is 18.2 Å². The van der Waals surface area contributed by atoms with Crippen LogP contribution in [0.3, 0.4) is 0 Å². The lowest BCUT2D eigenvalue weighted by Gasteiger charge is -2.17. The van der Waals surface area contributed by atoms with Crippen molar-refractivity contribution in [3.05, 3.63) is 181 Å². The molecule has 0 fully saturated rings. The van der Waals surface area contributed by atoms with Crippen molar-refractivity contribution in [2.24, 2.45) is 0 Å². The van der Waals surface area contributed by atoms with Gasteiger partial charge in [0.25, 0.3) is 0 Å². The predicted molar refractivity (Wildman–Crippen MR) is 202 cm³/mol. The van der Waals surface area contributed by atoms with Gasteiger partial charge in [-0.1, -0.05) is 127 Å². The van der Waals surface area contributed by atoms with Crippen molar-refractivity contribution in [1.29, 1.82) is 0 Å². The number of pyridine rings is 1. The summed E-state index contributed by atoms with van der Waals surface area (Å²) in [5.74, 6) is -1.28. The van der Waals surface area contributed by atoms with E-state index in [1.807, 2.05) is 54.6 Å². The Hall–Kier alpha value is -6.70. The smallest absolute Gasteiger partial charge is 0.187 e. The first-order valence-corrected chi connectivity index (χ1v) is 16.4. The Morgan fingerprint density at radius 1 is 0.420 bits per heavy atom. The fourth-order valence-electron chi connectivity index (χ4n) is 7.31. The molecule has 50 heavy (non-hydrogen) atoms. The minimum absolute atomic E-state index is 0.396. The predicted octanol–water partition coefficient (Wildman–Crippen LogP) is 13.2. The molecular weight excluding hydrogens is 619 g/mol. The largest absolute Gasteiger partial charge is 0.247 e. The molecule has 0 amide bonds. The highest BCUT2D eigenvalue weighted by Crippen LogP contribution is 2.43. The first-order valence-electron chi connectivity index (χ1n) is 16.4. The minimum Gasteiger partial charge on any atom is -0.247 e. The second-order valence-electron chi connectivity index (χ2n) is 12.5. The third kappa shape index (κ3) is 4.87. The van der Waals surface area contributed by atoms with Gasteiger partial charge in [0.05, 0.1) is 17.8 Å². The highest BCUT2D eigenvalue weighted by atomic mass is 19.1. The first kappa shape index (κ1) is 29.4. The lowest BCUT2D eigenvalue weighted by Crippen LogP contribution is -1.94. The Bertz CT molecular complexity index is 2810. The molecule has 0 saturated heterocycles. The Morgan fingerprint density at radius 3 is 1.48 bits per heavy atom. The van der Waals surface area contributed by atoms with Crippen LogP contribution in [0.2, 0.25) is 0 Å². The SMILES string of the molecule is [C-]#[N+]c1ccc(-c2ccc(-c3ccc(-c4cc5c(-c6cc(F)cc(F)c6)nc6ccccc6c5c5ccccc45)cc3)c3ccccc23)cc1. The molecule has 9 rings (SSSR count). The molecule has 0 N–H and O–H groups in total. The molecule has 2 nitrogen and oxygen atoms in total. The van der Waals surface area contributed by atoms with E-state index in [2.05, 4.69) is 89.8 Å². The van der Waals surface area contributed by atoms with Crippen LogP contribution >= 0.6 is 0 Å². The lowest BCUT2D eigenvalue weighted by atomic mass is 9.88. The standard InChI is InChI=1S/C46H26F2N2/c1-49-34-20-18-29(19-21-34)36-23-22-35(37-8-2-3-9-38(36)37)28-14-16-30(17-15-28)42-27-43-45(40-11-5-4-10-39(40)42)41-12-6-7-13-44(41)50-46(43)31-24-32(47)26-33(48)25-31/h2-27H. The van der Waals surface area contributed by atoms with Gasteiger partial charge in [-0.2, -0.15) is 0 Å². The topological polar surface area (TPSA) is 17.2 Å². The molecule has 0 aliphatic rings. The van der Waals surface area contributed by atoms with E-state index in [0.717, 1.165) is 82.7 Å². The molecule has 4 heteroatoms. The van der Waals surface area contributed by atoms with Crippen LogP contribution in [0.25, 0.3) is 92.7 Å². The molecule has 1 aromatic heterocycles. The van der Waals surface area contributed by atoms with Crippen molar-refractivity contribution in [2.45, 2.75) is 0 Å². The number of para-hydroxylation sites is 1. The Kier molecular flexibility index (Phi) is 6.93. The molecule has 0 radical (unpaired) electrons. The van der Waals surface area contributed by atoms with E-state index in [9.17, 15) is 8.78 Å². The van der Waals surface area contributed by atoms with Crippen LogP contribution in [0.15, 0.2) is 158 Å². The number of fused-ring (bicyclic) bond motifs is 6. The summed E-state index contributed by atoms with van der Waals surface area (Å²) in [6.07, 6.45) is 0. The number of benzene rings is 8. The van der Waals surface area contributed by atoms with E-state index >= 15 is 0 Å². The third-order valence-electron chi connectivity index (χ3n) is 9.58. The van der Waals surface area contributed by atoms with E-state index in [-0.39, 0.29) is 0 Å². The minimum atomic E-state index is -0.640. The summed E-state index contributed by atoms with van der Waals surface area (Å²) >= 11 is 0. The lowest BCUT2D eigenvalue weighted by molar-refractivity contribution is 0.584. The first-order chi connectivity index (χ1) is 24.6. The maximum Gasteiger partial charge on any atom is 0.187 e. The normalized spacial score (nSPS) is 11.4. The van der Waals surface area contributed by atoms with Crippen molar-refractivity contribution in [3.8, 4) is 44.6 Å². The third-order valence-corrected chi connectivity index (χ3v) is 9.58. The van der Waals surface area contributed by atoms with Crippen molar-refractivity contribution in [2.75, 3.05) is 0 Å². The zero-order chi connectivity index (χ0) is 33.8. The maximum absolute atomic E-state index is 14.6. The molecular formula is C46H26F2N2. The quantitative estimate of drug-likeness (QED) is 0.138. The van der Waals surface area contributed by atoms with Crippen LogP contribution in [0.4, 0.5) is 14.5 Å². The zero-order valence-corrected chi connectivity index (χ0v) is 26.7. The van der Waals surface area contributed by atoms with Gasteiger partial charge in [0.2, 0.25) is 0 Å². The Morgan fingerprint density at radius 2 is 0.900 bits per heavy atom. The molecule has 0 saturated carbocycles. The van der Waals surface area contributed by atoms with Crippen molar-refractivity contribution in [3.63, 3.8) is 0 Å². The van der Waals surface area contributed by atoms with Gasteiger partial charge >= 0.3 is 0 Å². The van der Waals surface area contributed by atoms with Crippen LogP contribution in [0.1, 0.15) is 0 Å². The van der Waals surface area contributed by atoms with Crippen molar-refractivity contribution < 1.29 is 8.78 Å². The van der Waals surface area contributed by atoms with Gasteiger partial charge in [-0.25, -0.2) is 18.6 Å². The van der Waals surface area contributed by atoms with Crippen molar-refractivity contribution in [1.82, 2.24) is 4.98 Å². The van der Waals surface area contributed by atoms with E-state index in [1.54, 1.807) is 0 Å². The molecule has 0 unspecified atom stereocenters. The second kappa shape index (κ2) is 11.8. The number of halogens is 2. The summed E-state index contributed by atoms with van der Waals surface area (Å²) in [4.78, 5) is 8.51. The summed E-state index contributed by atoms with van der Waals surface area (Å²) in [7, 11) is 0. The molecule has 234 valence electrons. The van der Waals surface area contributed by atoms with Crippen LogP contribution in [-0.2, 0) is 0 Å². The molecule has 0 bridgehead atoms. The number of rotatable bonds is 4. The highest BCUT2D eigenvalue weighted by Gasteiger charge is 2.18. The van der Waals surface area contributed by atoms with Crippen LogP contribution in [-0.4, -0.2) is 4.98 Å². The van der Waals surface area contributed by atoms with Gasteiger partial charge in [0.15, 0.2) is 5.69 Å². The zero-order valence-electron chi connectivity index (χ0n) is 26.7.